The maximum absolute atomic E-state index is 12.0. The van der Waals surface area contributed by atoms with Gasteiger partial charge in [0, 0.05) is 16.2 Å². The number of nitrogens with one attached hydrogen (secondary N) is 1. The number of phenols is 2. The third-order valence-electron chi connectivity index (χ3n) is 2.67. The Kier molecular flexibility index (Phi) is 3.76. The average molecular weight is 322 g/mol. The first-order valence-electron chi connectivity index (χ1n) is 5.57. The number of aromatic hydroxyl groups is 2. The van der Waals surface area contributed by atoms with Gasteiger partial charge in [-0.25, -0.2) is 0 Å². The van der Waals surface area contributed by atoms with Gasteiger partial charge in [0.1, 0.15) is 11.5 Å². The number of anilines is 1. The number of carbonyl (C=O) groups is 1. The maximum Gasteiger partial charge on any atom is 0.259 e. The Labute approximate surface area is 118 Å². The van der Waals surface area contributed by atoms with Crippen LogP contribution in [0.25, 0.3) is 0 Å². The lowest BCUT2D eigenvalue weighted by molar-refractivity contribution is 0.102. The predicted molar refractivity (Wildman–Crippen MR) is 76.6 cm³/mol. The van der Waals surface area contributed by atoms with Crippen molar-refractivity contribution in [3.8, 4) is 11.5 Å². The standard InChI is InChI=1S/C14H12BrNO3/c1-8-2-4-10(7-13(8)18)16-14(19)11-6-9(15)3-5-12(11)17/h2-7,17-18H,1H3,(H,16,19). The summed E-state index contributed by atoms with van der Waals surface area (Å²) in [5.74, 6) is -0.435. The summed E-state index contributed by atoms with van der Waals surface area (Å²) < 4.78 is 0.696. The van der Waals surface area contributed by atoms with Crippen LogP contribution in [-0.2, 0) is 0 Å². The summed E-state index contributed by atoms with van der Waals surface area (Å²) in [6, 6.07) is 9.45. The molecule has 0 spiro atoms. The summed E-state index contributed by atoms with van der Waals surface area (Å²) in [4.78, 5) is 12.0. The molecule has 0 heterocycles. The third kappa shape index (κ3) is 3.06. The topological polar surface area (TPSA) is 69.6 Å². The van der Waals surface area contributed by atoms with E-state index in [1.54, 1.807) is 25.1 Å². The maximum atomic E-state index is 12.0. The molecule has 0 radical (unpaired) electrons. The Balaban J connectivity index is 2.25. The molecule has 3 N–H and O–H groups in total. The van der Waals surface area contributed by atoms with Crippen molar-refractivity contribution >= 4 is 27.5 Å². The highest BCUT2D eigenvalue weighted by molar-refractivity contribution is 9.10. The van der Waals surface area contributed by atoms with E-state index in [1.807, 2.05) is 0 Å². The van der Waals surface area contributed by atoms with Crippen molar-refractivity contribution in [2.75, 3.05) is 5.32 Å². The molecule has 4 nitrogen and oxygen atoms in total. The normalized spacial score (nSPS) is 10.2. The summed E-state index contributed by atoms with van der Waals surface area (Å²) in [7, 11) is 0. The lowest BCUT2D eigenvalue weighted by atomic mass is 10.1. The van der Waals surface area contributed by atoms with E-state index >= 15 is 0 Å². The SMILES string of the molecule is Cc1ccc(NC(=O)c2cc(Br)ccc2O)cc1O. The monoisotopic (exact) mass is 321 g/mol. The fourth-order valence-electron chi connectivity index (χ4n) is 1.58. The van der Waals surface area contributed by atoms with Gasteiger partial charge >= 0.3 is 0 Å². The molecule has 0 aromatic heterocycles. The quantitative estimate of drug-likeness (QED) is 0.793. The van der Waals surface area contributed by atoms with Crippen LogP contribution in [0, 0.1) is 6.92 Å². The summed E-state index contributed by atoms with van der Waals surface area (Å²) in [6.07, 6.45) is 0. The molecule has 98 valence electrons. The van der Waals surface area contributed by atoms with Crippen molar-refractivity contribution < 1.29 is 15.0 Å². The van der Waals surface area contributed by atoms with E-state index in [9.17, 15) is 15.0 Å². The largest absolute Gasteiger partial charge is 0.508 e. The first-order valence-corrected chi connectivity index (χ1v) is 6.36. The molecule has 0 aliphatic rings. The summed E-state index contributed by atoms with van der Waals surface area (Å²) in [5, 5.41) is 21.8. The van der Waals surface area contributed by atoms with Crippen LogP contribution in [0.5, 0.6) is 11.5 Å². The van der Waals surface area contributed by atoms with Gasteiger partial charge in [0.25, 0.3) is 5.91 Å². The smallest absolute Gasteiger partial charge is 0.259 e. The van der Waals surface area contributed by atoms with E-state index in [-0.39, 0.29) is 17.1 Å². The van der Waals surface area contributed by atoms with E-state index in [2.05, 4.69) is 21.2 Å². The second kappa shape index (κ2) is 5.32. The highest BCUT2D eigenvalue weighted by Gasteiger charge is 2.12. The molecule has 1 amide bonds. The molecule has 0 atom stereocenters. The number of amides is 1. The number of rotatable bonds is 2. The lowest BCUT2D eigenvalue weighted by Crippen LogP contribution is -2.12. The molecular formula is C14H12BrNO3. The van der Waals surface area contributed by atoms with Crippen LogP contribution < -0.4 is 5.32 Å². The minimum Gasteiger partial charge on any atom is -0.508 e. The van der Waals surface area contributed by atoms with Gasteiger partial charge in [-0.3, -0.25) is 4.79 Å². The van der Waals surface area contributed by atoms with Crippen LogP contribution in [0.4, 0.5) is 5.69 Å². The zero-order valence-electron chi connectivity index (χ0n) is 10.1. The van der Waals surface area contributed by atoms with Gasteiger partial charge in [-0.15, -0.1) is 0 Å². The molecule has 0 saturated heterocycles. The van der Waals surface area contributed by atoms with Crippen LogP contribution >= 0.6 is 15.9 Å². The van der Waals surface area contributed by atoms with Crippen LogP contribution in [-0.4, -0.2) is 16.1 Å². The zero-order chi connectivity index (χ0) is 14.0. The molecule has 19 heavy (non-hydrogen) atoms. The lowest BCUT2D eigenvalue weighted by Gasteiger charge is -2.08. The second-order valence-corrected chi connectivity index (χ2v) is 5.03. The molecule has 0 aliphatic heterocycles. The Bertz CT molecular complexity index is 641. The Morgan fingerprint density at radius 3 is 2.53 bits per heavy atom. The van der Waals surface area contributed by atoms with Gasteiger partial charge in [0.15, 0.2) is 0 Å². The minimum absolute atomic E-state index is 0.1000. The molecule has 0 aliphatic carbocycles. The number of phenolic OH excluding ortho intramolecular Hbond substituents is 2. The van der Waals surface area contributed by atoms with E-state index in [0.717, 1.165) is 5.56 Å². The highest BCUT2D eigenvalue weighted by atomic mass is 79.9. The number of aryl methyl sites for hydroxylation is 1. The number of carbonyl (C=O) groups excluding carboxylic acids is 1. The van der Waals surface area contributed by atoms with Gasteiger partial charge < -0.3 is 15.5 Å². The predicted octanol–water partition coefficient (Wildman–Crippen LogP) is 3.42. The molecule has 0 fully saturated rings. The summed E-state index contributed by atoms with van der Waals surface area (Å²) in [5.41, 5.74) is 1.35. The molecule has 2 aromatic carbocycles. The Hall–Kier alpha value is -2.01. The van der Waals surface area contributed by atoms with E-state index < -0.39 is 5.91 Å². The molecule has 5 heteroatoms. The van der Waals surface area contributed by atoms with Crippen LogP contribution in [0.1, 0.15) is 15.9 Å². The van der Waals surface area contributed by atoms with Crippen molar-refractivity contribution in [2.24, 2.45) is 0 Å². The van der Waals surface area contributed by atoms with Gasteiger partial charge in [-0.1, -0.05) is 22.0 Å². The number of benzene rings is 2. The average Bonchev–Trinajstić information content (AvgIpc) is 2.36. The molecule has 0 bridgehead atoms. The highest BCUT2D eigenvalue weighted by Crippen LogP contribution is 2.25. The zero-order valence-corrected chi connectivity index (χ0v) is 11.7. The molecular weight excluding hydrogens is 310 g/mol. The van der Waals surface area contributed by atoms with Crippen LogP contribution in [0.15, 0.2) is 40.9 Å². The van der Waals surface area contributed by atoms with Gasteiger partial charge in [0.2, 0.25) is 0 Å². The number of hydrogen-bond donors (Lipinski definition) is 3. The van der Waals surface area contributed by atoms with Gasteiger partial charge in [-0.2, -0.15) is 0 Å². The fourth-order valence-corrected chi connectivity index (χ4v) is 1.94. The van der Waals surface area contributed by atoms with E-state index in [4.69, 9.17) is 0 Å². The summed E-state index contributed by atoms with van der Waals surface area (Å²) >= 11 is 3.24. The molecule has 2 rings (SSSR count). The van der Waals surface area contributed by atoms with E-state index in [1.165, 1.54) is 18.2 Å². The van der Waals surface area contributed by atoms with Crippen LogP contribution in [0.3, 0.4) is 0 Å². The second-order valence-electron chi connectivity index (χ2n) is 4.12. The summed E-state index contributed by atoms with van der Waals surface area (Å²) in [6.45, 7) is 1.76. The fraction of sp³-hybridized carbons (Fsp3) is 0.0714. The van der Waals surface area contributed by atoms with Crippen molar-refractivity contribution in [3.63, 3.8) is 0 Å². The van der Waals surface area contributed by atoms with Crippen molar-refractivity contribution in [3.05, 3.63) is 52.0 Å². The Morgan fingerprint density at radius 2 is 1.84 bits per heavy atom. The number of halogens is 1. The van der Waals surface area contributed by atoms with Gasteiger partial charge in [0.05, 0.1) is 5.56 Å². The van der Waals surface area contributed by atoms with E-state index in [0.29, 0.717) is 10.2 Å². The molecule has 0 saturated carbocycles. The first kappa shape index (κ1) is 13.4. The van der Waals surface area contributed by atoms with Gasteiger partial charge in [-0.05, 0) is 36.8 Å². The number of hydrogen-bond acceptors (Lipinski definition) is 3. The van der Waals surface area contributed by atoms with Crippen molar-refractivity contribution in [1.82, 2.24) is 0 Å². The Morgan fingerprint density at radius 1 is 1.11 bits per heavy atom. The molecule has 0 unspecified atom stereocenters. The van der Waals surface area contributed by atoms with Crippen molar-refractivity contribution in [2.45, 2.75) is 6.92 Å². The minimum atomic E-state index is -0.443. The molecule has 2 aromatic rings. The third-order valence-corrected chi connectivity index (χ3v) is 3.16. The van der Waals surface area contributed by atoms with Crippen molar-refractivity contribution in [1.29, 1.82) is 0 Å². The van der Waals surface area contributed by atoms with Crippen LogP contribution in [0.2, 0.25) is 0 Å². The first-order chi connectivity index (χ1) is 8.97.